The van der Waals surface area contributed by atoms with Gasteiger partial charge in [-0.2, -0.15) is 0 Å². The fourth-order valence-corrected chi connectivity index (χ4v) is 21.5. The number of nitrogens with zero attached hydrogens (tertiary/aromatic N) is 6. The Kier molecular flexibility index (Phi) is 9.46. The van der Waals surface area contributed by atoms with Gasteiger partial charge in [0.15, 0.2) is 0 Å². The molecule has 6 heterocycles. The highest BCUT2D eigenvalue weighted by Crippen LogP contribution is 2.62. The minimum atomic E-state index is -1.24. The SMILES string of the molecule is c1ccc(-n2c3cccc4c3p3c5c(cc6ccccc6c5n4-c4ccccc4)n(-c4ccccc4)c4c5c(cc2c43)cc2c3c5n(-c4ccccc4)c4cc5ccccc5c5c4p3c3c(cccc3n5-c3ccccc3)n2-c2ccccc2)cc1. The molecule has 6 nitrogen and oxygen atoms in total. The molecule has 400 valence electrons. The van der Waals surface area contributed by atoms with Crippen molar-refractivity contribution in [2.24, 2.45) is 0 Å². The first-order valence-electron chi connectivity index (χ1n) is 29.5. The third kappa shape index (κ3) is 6.06. The zero-order valence-electron chi connectivity index (χ0n) is 46.3. The van der Waals surface area contributed by atoms with E-state index in [1.54, 1.807) is 0 Å². The molecule has 0 aliphatic heterocycles. The molecule has 0 N–H and O–H groups in total. The van der Waals surface area contributed by atoms with Gasteiger partial charge in [-0.3, -0.25) is 0 Å². The maximum Gasteiger partial charge on any atom is 0.0698 e. The normalized spacial score (nSPS) is 12.8. The molecule has 14 aromatic carbocycles. The lowest BCUT2D eigenvalue weighted by molar-refractivity contribution is 1.14. The summed E-state index contributed by atoms with van der Waals surface area (Å²) in [6.07, 6.45) is 0. The lowest BCUT2D eigenvalue weighted by Crippen LogP contribution is -2.11. The van der Waals surface area contributed by atoms with Crippen LogP contribution in [-0.2, 0) is 0 Å². The Morgan fingerprint density at radius 2 is 0.442 bits per heavy atom. The van der Waals surface area contributed by atoms with E-state index in [2.05, 4.69) is 319 Å². The molecule has 0 radical (unpaired) electrons. The van der Waals surface area contributed by atoms with Crippen LogP contribution < -0.4 is 0 Å². The number of benzene rings is 14. The summed E-state index contributed by atoms with van der Waals surface area (Å²) in [7, 11) is -2.48. The standard InChI is InChI=1S/C78H48N6P2/c1-7-27-52(28-8-1)79-60-41-23-43-62-73(60)85-75-66(45-49-25-19-21-39-58(49)69(75)81(62)54-31-11-3-12-32-54)83(56-35-15-5-16-36-56)71-68-51(47-64(79)77(71)85)48-65-78-72(68)84(57-37-17-6-18-38-57)67-46-50-26-20-22-40-59(50)70-76(67)86(78)74-61(80(65)53-29-9-2-10-30-53)42-24-44-63(74)82(70)55-33-13-4-14-34-55/h1-48H. The van der Waals surface area contributed by atoms with E-state index in [-0.39, 0.29) is 0 Å². The van der Waals surface area contributed by atoms with Crippen molar-refractivity contribution in [3.05, 3.63) is 291 Å². The molecule has 2 unspecified atom stereocenters. The van der Waals surface area contributed by atoms with Gasteiger partial charge in [0.1, 0.15) is 0 Å². The quantitative estimate of drug-likeness (QED) is 0.117. The molecule has 8 heteroatoms. The Hall–Kier alpha value is -10.7. The van der Waals surface area contributed by atoms with Crippen LogP contribution in [0.15, 0.2) is 291 Å². The van der Waals surface area contributed by atoms with Gasteiger partial charge in [0, 0.05) is 81.0 Å². The van der Waals surface area contributed by atoms with Crippen molar-refractivity contribution >= 4 is 144 Å². The van der Waals surface area contributed by atoms with Gasteiger partial charge in [0.05, 0.1) is 66.2 Å². The molecule has 20 rings (SSSR count). The Morgan fingerprint density at radius 3 is 0.791 bits per heavy atom. The summed E-state index contributed by atoms with van der Waals surface area (Å²) in [5, 5.41) is 15.6. The van der Waals surface area contributed by atoms with Crippen molar-refractivity contribution in [2.45, 2.75) is 0 Å². The van der Waals surface area contributed by atoms with Crippen molar-refractivity contribution in [1.29, 1.82) is 0 Å². The van der Waals surface area contributed by atoms with E-state index in [1.165, 1.54) is 129 Å². The highest BCUT2D eigenvalue weighted by Gasteiger charge is 2.33. The average molecular weight is 1130 g/mol. The second-order valence-electron chi connectivity index (χ2n) is 22.9. The molecule has 20 aromatic rings. The molecule has 0 aliphatic rings. The van der Waals surface area contributed by atoms with E-state index in [4.69, 9.17) is 0 Å². The van der Waals surface area contributed by atoms with E-state index < -0.39 is 14.7 Å². The zero-order valence-corrected chi connectivity index (χ0v) is 48.1. The van der Waals surface area contributed by atoms with Crippen LogP contribution >= 0.6 is 14.7 Å². The first kappa shape index (κ1) is 46.7. The number of para-hydroxylation sites is 6. The van der Waals surface area contributed by atoms with E-state index in [1.807, 2.05) is 0 Å². The Labute approximate surface area is 493 Å². The molecular formula is C78H48N6P2. The van der Waals surface area contributed by atoms with Gasteiger partial charge in [-0.25, -0.2) is 0 Å². The molecule has 0 saturated heterocycles. The van der Waals surface area contributed by atoms with Gasteiger partial charge in [-0.05, 0) is 137 Å². The van der Waals surface area contributed by atoms with E-state index in [0.717, 1.165) is 34.1 Å². The minimum absolute atomic E-state index is 1.12. The average Bonchev–Trinajstić information content (AvgIpc) is 0.680. The van der Waals surface area contributed by atoms with E-state index >= 15 is 0 Å². The molecule has 0 spiro atoms. The second kappa shape index (κ2) is 17.4. The van der Waals surface area contributed by atoms with Crippen LogP contribution in [0.4, 0.5) is 0 Å². The van der Waals surface area contributed by atoms with Crippen molar-refractivity contribution < 1.29 is 0 Å². The van der Waals surface area contributed by atoms with Crippen LogP contribution in [0.1, 0.15) is 0 Å². The maximum atomic E-state index is 2.70. The van der Waals surface area contributed by atoms with E-state index in [0.29, 0.717) is 0 Å². The minimum Gasteiger partial charge on any atom is -0.308 e. The highest BCUT2D eigenvalue weighted by atomic mass is 31.1. The molecule has 0 fully saturated rings. The van der Waals surface area contributed by atoms with Crippen molar-refractivity contribution in [3.8, 4) is 34.1 Å². The van der Waals surface area contributed by atoms with Gasteiger partial charge in [0.2, 0.25) is 0 Å². The van der Waals surface area contributed by atoms with Crippen molar-refractivity contribution in [1.82, 2.24) is 27.4 Å². The van der Waals surface area contributed by atoms with Crippen LogP contribution in [0.25, 0.3) is 163 Å². The van der Waals surface area contributed by atoms with Crippen LogP contribution in [0.5, 0.6) is 0 Å². The Morgan fingerprint density at radius 1 is 0.186 bits per heavy atom. The van der Waals surface area contributed by atoms with Gasteiger partial charge >= 0.3 is 0 Å². The van der Waals surface area contributed by atoms with Gasteiger partial charge < -0.3 is 27.4 Å². The Bertz CT molecular complexity index is 5830. The van der Waals surface area contributed by atoms with Crippen molar-refractivity contribution in [3.63, 3.8) is 0 Å². The second-order valence-corrected chi connectivity index (χ2v) is 26.9. The number of rotatable bonds is 6. The van der Waals surface area contributed by atoms with Crippen LogP contribution in [0.2, 0.25) is 0 Å². The number of hydrogen-bond acceptors (Lipinski definition) is 0. The third-order valence-corrected chi connectivity index (χ3v) is 23.8. The van der Waals surface area contributed by atoms with Gasteiger partial charge in [-0.15, -0.1) is 0 Å². The first-order chi connectivity index (χ1) is 42.8. The summed E-state index contributed by atoms with van der Waals surface area (Å²) in [5.74, 6) is 0. The van der Waals surface area contributed by atoms with Crippen molar-refractivity contribution in [2.75, 3.05) is 0 Å². The van der Waals surface area contributed by atoms with Gasteiger partial charge in [0.25, 0.3) is 0 Å². The summed E-state index contributed by atoms with van der Waals surface area (Å²) < 4.78 is 15.8. The topological polar surface area (TPSA) is 29.6 Å². The Balaban J connectivity index is 1.17. The maximum absolute atomic E-state index is 2.70. The predicted octanol–water partition coefficient (Wildman–Crippen LogP) is 22.0. The first-order valence-corrected chi connectivity index (χ1v) is 32.2. The summed E-state index contributed by atoms with van der Waals surface area (Å²) >= 11 is 0. The summed E-state index contributed by atoms with van der Waals surface area (Å²) in [4.78, 5) is 0. The predicted molar refractivity (Wildman–Crippen MR) is 366 cm³/mol. The third-order valence-electron chi connectivity index (χ3n) is 18.5. The summed E-state index contributed by atoms with van der Waals surface area (Å²) in [6.45, 7) is 0. The van der Waals surface area contributed by atoms with Gasteiger partial charge in [-0.1, -0.05) is 185 Å². The molecule has 0 saturated carbocycles. The monoisotopic (exact) mass is 1130 g/mol. The van der Waals surface area contributed by atoms with Crippen LogP contribution in [0, 0.1) is 0 Å². The molecule has 86 heavy (non-hydrogen) atoms. The summed E-state index contributed by atoms with van der Waals surface area (Å²) in [5.41, 5.74) is 21.5. The van der Waals surface area contributed by atoms with Crippen LogP contribution in [0.3, 0.4) is 0 Å². The van der Waals surface area contributed by atoms with Crippen LogP contribution in [-0.4, -0.2) is 27.4 Å². The summed E-state index contributed by atoms with van der Waals surface area (Å²) in [6, 6.07) is 110. The zero-order chi connectivity index (χ0) is 55.9. The molecule has 6 aromatic heterocycles. The smallest absolute Gasteiger partial charge is 0.0698 e. The number of fused-ring (bicyclic) bond motifs is 7. The fraction of sp³-hybridized carbons (Fsp3) is 0. The lowest BCUT2D eigenvalue weighted by Gasteiger charge is -2.32. The molecule has 0 aliphatic carbocycles. The van der Waals surface area contributed by atoms with E-state index in [9.17, 15) is 0 Å². The highest BCUT2D eigenvalue weighted by molar-refractivity contribution is 7.64. The lowest BCUT2D eigenvalue weighted by atomic mass is 10.0. The molecule has 0 amide bonds. The largest absolute Gasteiger partial charge is 0.308 e. The molecule has 0 bridgehead atoms. The number of hydrogen-bond donors (Lipinski definition) is 0. The molecular weight excluding hydrogens is 1080 g/mol. The number of aromatic nitrogens is 6. The fourth-order valence-electron chi connectivity index (χ4n) is 15.3. The molecule has 2 atom stereocenters.